The van der Waals surface area contributed by atoms with E-state index in [1.54, 1.807) is 12.4 Å². The topological polar surface area (TPSA) is 92.3 Å². The standard InChI is InChI=1S/C20H26N4O3S/c1-28(26,27)23-9-6-16-2-4-17(5-3-16)14-18-7-12-24(13-8-18)20(25)19-15-21-10-11-22-19/h2-5,10-11,15,18,23H,6-9,12-14H2,1H3. The first-order valence-electron chi connectivity index (χ1n) is 9.48. The van der Waals surface area contributed by atoms with Crippen molar-refractivity contribution in [2.75, 3.05) is 25.9 Å². The highest BCUT2D eigenvalue weighted by atomic mass is 32.2. The number of likely N-dealkylation sites (tertiary alicyclic amines) is 1. The summed E-state index contributed by atoms with van der Waals surface area (Å²) in [4.78, 5) is 22.3. The van der Waals surface area contributed by atoms with Gasteiger partial charge in [0, 0.05) is 32.0 Å². The van der Waals surface area contributed by atoms with Gasteiger partial charge in [0.25, 0.3) is 5.91 Å². The monoisotopic (exact) mass is 402 g/mol. The minimum absolute atomic E-state index is 0.0430. The summed E-state index contributed by atoms with van der Waals surface area (Å²) in [5, 5.41) is 0. The molecule has 0 atom stereocenters. The smallest absolute Gasteiger partial charge is 0.274 e. The minimum Gasteiger partial charge on any atom is -0.337 e. The third-order valence-corrected chi connectivity index (χ3v) is 5.74. The van der Waals surface area contributed by atoms with Gasteiger partial charge in [-0.3, -0.25) is 9.78 Å². The first-order chi connectivity index (χ1) is 13.4. The van der Waals surface area contributed by atoms with E-state index in [1.165, 1.54) is 18.0 Å². The van der Waals surface area contributed by atoms with E-state index in [9.17, 15) is 13.2 Å². The van der Waals surface area contributed by atoms with Gasteiger partial charge in [0.2, 0.25) is 10.0 Å². The SMILES string of the molecule is CS(=O)(=O)NCCc1ccc(CC2CCN(C(=O)c3cnccn3)CC2)cc1. The molecule has 2 heterocycles. The van der Waals surface area contributed by atoms with Crippen molar-refractivity contribution in [3.8, 4) is 0 Å². The Morgan fingerprint density at radius 3 is 2.43 bits per heavy atom. The number of carbonyl (C=O) groups is 1. The van der Waals surface area contributed by atoms with Gasteiger partial charge in [-0.05, 0) is 42.7 Å². The van der Waals surface area contributed by atoms with Crippen molar-refractivity contribution >= 4 is 15.9 Å². The van der Waals surface area contributed by atoms with Gasteiger partial charge in [-0.25, -0.2) is 18.1 Å². The van der Waals surface area contributed by atoms with Crippen LogP contribution in [0.5, 0.6) is 0 Å². The Bertz CT molecular complexity index is 877. The molecule has 2 aromatic rings. The largest absolute Gasteiger partial charge is 0.337 e. The molecule has 0 saturated carbocycles. The Labute approximate surface area is 166 Å². The molecule has 0 spiro atoms. The molecule has 1 fully saturated rings. The second-order valence-corrected chi connectivity index (χ2v) is 9.10. The Morgan fingerprint density at radius 2 is 1.82 bits per heavy atom. The van der Waals surface area contributed by atoms with Crippen LogP contribution in [0.3, 0.4) is 0 Å². The average molecular weight is 403 g/mol. The maximum atomic E-state index is 12.4. The number of aromatic nitrogens is 2. The quantitative estimate of drug-likeness (QED) is 0.760. The van der Waals surface area contributed by atoms with Gasteiger partial charge in [0.05, 0.1) is 12.5 Å². The molecule has 0 bridgehead atoms. The van der Waals surface area contributed by atoms with Crippen molar-refractivity contribution in [2.45, 2.75) is 25.7 Å². The maximum Gasteiger partial charge on any atom is 0.274 e. The molecule has 7 nitrogen and oxygen atoms in total. The summed E-state index contributed by atoms with van der Waals surface area (Å²) in [5.74, 6) is 0.516. The fourth-order valence-corrected chi connectivity index (χ4v) is 3.94. The van der Waals surface area contributed by atoms with E-state index in [-0.39, 0.29) is 5.91 Å². The lowest BCUT2D eigenvalue weighted by molar-refractivity contribution is 0.0684. The van der Waals surface area contributed by atoms with Gasteiger partial charge in [-0.1, -0.05) is 24.3 Å². The van der Waals surface area contributed by atoms with Crippen molar-refractivity contribution in [3.05, 3.63) is 59.7 Å². The number of hydrogen-bond donors (Lipinski definition) is 1. The second kappa shape index (κ2) is 9.25. The zero-order chi connectivity index (χ0) is 20.0. The van der Waals surface area contributed by atoms with E-state index in [2.05, 4.69) is 39.0 Å². The zero-order valence-corrected chi connectivity index (χ0v) is 16.9. The van der Waals surface area contributed by atoms with E-state index in [4.69, 9.17) is 0 Å². The molecule has 1 aromatic heterocycles. The molecule has 8 heteroatoms. The van der Waals surface area contributed by atoms with E-state index < -0.39 is 10.0 Å². The van der Waals surface area contributed by atoms with Crippen LogP contribution in [-0.4, -0.2) is 55.1 Å². The highest BCUT2D eigenvalue weighted by Crippen LogP contribution is 2.23. The van der Waals surface area contributed by atoms with E-state index in [0.717, 1.165) is 37.9 Å². The number of amides is 1. The van der Waals surface area contributed by atoms with Crippen molar-refractivity contribution < 1.29 is 13.2 Å². The molecular weight excluding hydrogens is 376 g/mol. The Kier molecular flexibility index (Phi) is 6.74. The molecule has 1 saturated heterocycles. The Hall–Kier alpha value is -2.32. The molecule has 1 aromatic carbocycles. The molecule has 0 unspecified atom stereocenters. The van der Waals surface area contributed by atoms with Crippen molar-refractivity contribution in [2.24, 2.45) is 5.92 Å². The van der Waals surface area contributed by atoms with Crippen LogP contribution in [0.4, 0.5) is 0 Å². The van der Waals surface area contributed by atoms with Gasteiger partial charge in [0.15, 0.2) is 0 Å². The number of piperidine rings is 1. The molecule has 28 heavy (non-hydrogen) atoms. The third-order valence-electron chi connectivity index (χ3n) is 5.01. The lowest BCUT2D eigenvalue weighted by Gasteiger charge is -2.31. The summed E-state index contributed by atoms with van der Waals surface area (Å²) >= 11 is 0. The predicted molar refractivity (Wildman–Crippen MR) is 107 cm³/mol. The van der Waals surface area contributed by atoms with Gasteiger partial charge in [-0.15, -0.1) is 0 Å². The minimum atomic E-state index is -3.14. The fraction of sp³-hybridized carbons (Fsp3) is 0.450. The molecule has 1 N–H and O–H groups in total. The Morgan fingerprint density at radius 1 is 1.14 bits per heavy atom. The molecular formula is C20H26N4O3S. The average Bonchev–Trinajstić information content (AvgIpc) is 2.69. The summed E-state index contributed by atoms with van der Waals surface area (Å²) in [6.45, 7) is 1.90. The van der Waals surface area contributed by atoms with Gasteiger partial charge in [0.1, 0.15) is 5.69 Å². The number of benzene rings is 1. The van der Waals surface area contributed by atoms with Crippen LogP contribution >= 0.6 is 0 Å². The van der Waals surface area contributed by atoms with Crippen LogP contribution < -0.4 is 4.72 Å². The summed E-state index contributed by atoms with van der Waals surface area (Å²) in [6.07, 6.45) is 9.42. The van der Waals surface area contributed by atoms with Crippen LogP contribution in [-0.2, 0) is 22.9 Å². The van der Waals surface area contributed by atoms with E-state index in [1.807, 2.05) is 4.90 Å². The van der Waals surface area contributed by atoms with Gasteiger partial charge < -0.3 is 4.90 Å². The molecule has 1 aliphatic rings. The molecule has 0 radical (unpaired) electrons. The molecule has 1 aliphatic heterocycles. The number of nitrogens with zero attached hydrogens (tertiary/aromatic N) is 3. The fourth-order valence-electron chi connectivity index (χ4n) is 3.47. The number of sulfonamides is 1. The summed E-state index contributed by atoms with van der Waals surface area (Å²) in [6, 6.07) is 8.36. The van der Waals surface area contributed by atoms with E-state index in [0.29, 0.717) is 24.6 Å². The lowest BCUT2D eigenvalue weighted by Crippen LogP contribution is -2.39. The molecule has 1 amide bonds. The predicted octanol–water partition coefficient (Wildman–Crippen LogP) is 1.66. The van der Waals surface area contributed by atoms with Gasteiger partial charge >= 0.3 is 0 Å². The third kappa shape index (κ3) is 6.10. The number of carbonyl (C=O) groups excluding carboxylic acids is 1. The summed E-state index contributed by atoms with van der Waals surface area (Å²) < 4.78 is 24.7. The van der Waals surface area contributed by atoms with Crippen molar-refractivity contribution in [1.82, 2.24) is 19.6 Å². The maximum absolute atomic E-state index is 12.4. The van der Waals surface area contributed by atoms with Crippen LogP contribution in [0.1, 0.15) is 34.5 Å². The molecule has 3 rings (SSSR count). The van der Waals surface area contributed by atoms with Crippen LogP contribution in [0, 0.1) is 5.92 Å². The zero-order valence-electron chi connectivity index (χ0n) is 16.0. The Balaban J connectivity index is 1.45. The van der Waals surface area contributed by atoms with Crippen molar-refractivity contribution in [3.63, 3.8) is 0 Å². The lowest BCUT2D eigenvalue weighted by atomic mass is 9.89. The number of rotatable bonds is 7. The first-order valence-corrected chi connectivity index (χ1v) is 11.4. The van der Waals surface area contributed by atoms with Gasteiger partial charge in [-0.2, -0.15) is 0 Å². The van der Waals surface area contributed by atoms with Crippen LogP contribution in [0.25, 0.3) is 0 Å². The highest BCUT2D eigenvalue weighted by molar-refractivity contribution is 7.88. The van der Waals surface area contributed by atoms with E-state index >= 15 is 0 Å². The summed E-state index contributed by atoms with van der Waals surface area (Å²) in [5.41, 5.74) is 2.80. The number of nitrogens with one attached hydrogen (secondary N) is 1. The molecule has 0 aliphatic carbocycles. The number of hydrogen-bond acceptors (Lipinski definition) is 5. The first kappa shape index (κ1) is 20.4. The molecule has 150 valence electrons. The van der Waals surface area contributed by atoms with Crippen LogP contribution in [0.15, 0.2) is 42.9 Å². The van der Waals surface area contributed by atoms with Crippen LogP contribution in [0.2, 0.25) is 0 Å². The normalized spacial score (nSPS) is 15.5. The highest BCUT2D eigenvalue weighted by Gasteiger charge is 2.24. The summed E-state index contributed by atoms with van der Waals surface area (Å²) in [7, 11) is -3.14. The van der Waals surface area contributed by atoms with Crippen molar-refractivity contribution in [1.29, 1.82) is 0 Å². The second-order valence-electron chi connectivity index (χ2n) is 7.26.